The molecule has 0 amide bonds. The van der Waals surface area contributed by atoms with E-state index in [-0.39, 0.29) is 23.2 Å². The van der Waals surface area contributed by atoms with Crippen molar-refractivity contribution < 1.29 is 14.3 Å². The number of aliphatic imine (C=N–C) groups is 1. The van der Waals surface area contributed by atoms with Crippen LogP contribution in [0.3, 0.4) is 0 Å². The van der Waals surface area contributed by atoms with Gasteiger partial charge in [-0.3, -0.25) is 9.79 Å². The zero-order valence-electron chi connectivity index (χ0n) is 13.5. The van der Waals surface area contributed by atoms with E-state index in [4.69, 9.17) is 14.5 Å². The van der Waals surface area contributed by atoms with Crippen LogP contribution >= 0.6 is 0 Å². The van der Waals surface area contributed by atoms with Crippen molar-refractivity contribution in [3.8, 4) is 0 Å². The molecule has 0 bridgehead atoms. The fraction of sp³-hybridized carbons (Fsp3) is 0.867. The fourth-order valence-corrected chi connectivity index (χ4v) is 2.83. The van der Waals surface area contributed by atoms with E-state index in [0.717, 1.165) is 38.8 Å². The highest BCUT2D eigenvalue weighted by atomic mass is 16.5. The van der Waals surface area contributed by atoms with Crippen LogP contribution in [0.15, 0.2) is 4.99 Å². The first-order valence-corrected chi connectivity index (χ1v) is 7.68. The number of nitrogens with zero attached hydrogens (tertiary/aromatic N) is 2. The van der Waals surface area contributed by atoms with E-state index >= 15 is 0 Å². The summed E-state index contributed by atoms with van der Waals surface area (Å²) in [6.07, 6.45) is 0. The van der Waals surface area contributed by atoms with E-state index in [1.165, 1.54) is 7.11 Å². The van der Waals surface area contributed by atoms with E-state index in [9.17, 15) is 4.79 Å². The largest absolute Gasteiger partial charge is 0.469 e. The maximum Gasteiger partial charge on any atom is 0.310 e. The number of guanidine groups is 1. The highest BCUT2D eigenvalue weighted by Gasteiger charge is 2.38. The molecule has 2 rings (SSSR count). The molecule has 21 heavy (non-hydrogen) atoms. The lowest BCUT2D eigenvalue weighted by Gasteiger charge is -2.37. The molecular weight excluding hydrogens is 270 g/mol. The van der Waals surface area contributed by atoms with Gasteiger partial charge in [0, 0.05) is 25.0 Å². The number of nitrogens with one attached hydrogen (secondary N) is 1. The van der Waals surface area contributed by atoms with Gasteiger partial charge in [0.2, 0.25) is 0 Å². The summed E-state index contributed by atoms with van der Waals surface area (Å²) in [6.45, 7) is 11.0. The third-order valence-electron chi connectivity index (χ3n) is 4.26. The summed E-state index contributed by atoms with van der Waals surface area (Å²) in [5, 5.41) is 3.33. The number of hydrogen-bond donors (Lipinski definition) is 1. The normalized spacial score (nSPS) is 28.2. The Morgan fingerprint density at radius 1 is 1.48 bits per heavy atom. The van der Waals surface area contributed by atoms with E-state index in [2.05, 4.69) is 31.0 Å². The SMILES string of the molecule is CCNC(=NCC1(C)COC1)N1CC(C)C(C(=O)OC)C1. The molecule has 2 fully saturated rings. The van der Waals surface area contributed by atoms with E-state index in [1.54, 1.807) is 0 Å². The van der Waals surface area contributed by atoms with E-state index in [0.29, 0.717) is 6.54 Å². The number of hydrogen-bond acceptors (Lipinski definition) is 4. The summed E-state index contributed by atoms with van der Waals surface area (Å²) in [4.78, 5) is 18.7. The molecule has 2 saturated heterocycles. The average molecular weight is 297 g/mol. The Kier molecular flexibility index (Phi) is 5.08. The second-order valence-corrected chi connectivity index (χ2v) is 6.49. The van der Waals surface area contributed by atoms with Gasteiger partial charge in [-0.15, -0.1) is 0 Å². The third-order valence-corrected chi connectivity index (χ3v) is 4.26. The molecule has 0 aliphatic carbocycles. The molecule has 2 atom stereocenters. The first kappa shape index (κ1) is 16.1. The van der Waals surface area contributed by atoms with Crippen molar-refractivity contribution in [1.82, 2.24) is 10.2 Å². The quantitative estimate of drug-likeness (QED) is 0.471. The zero-order valence-corrected chi connectivity index (χ0v) is 13.5. The maximum atomic E-state index is 11.8. The van der Waals surface area contributed by atoms with Gasteiger partial charge in [0.15, 0.2) is 5.96 Å². The third kappa shape index (κ3) is 3.67. The molecule has 2 unspecified atom stereocenters. The Balaban J connectivity index is 2.01. The van der Waals surface area contributed by atoms with Crippen LogP contribution in [0.1, 0.15) is 20.8 Å². The second-order valence-electron chi connectivity index (χ2n) is 6.49. The van der Waals surface area contributed by atoms with Gasteiger partial charge in [-0.05, 0) is 12.8 Å². The minimum Gasteiger partial charge on any atom is -0.469 e. The predicted octanol–water partition coefficient (Wildman–Crippen LogP) is 0.729. The van der Waals surface area contributed by atoms with Crippen LogP contribution in [-0.2, 0) is 14.3 Å². The van der Waals surface area contributed by atoms with Crippen molar-refractivity contribution in [2.75, 3.05) is 46.5 Å². The highest BCUT2D eigenvalue weighted by molar-refractivity contribution is 5.82. The van der Waals surface area contributed by atoms with Crippen molar-refractivity contribution in [3.63, 3.8) is 0 Å². The first-order chi connectivity index (χ1) is 9.99. The van der Waals surface area contributed by atoms with Gasteiger partial charge in [-0.1, -0.05) is 13.8 Å². The van der Waals surface area contributed by atoms with Crippen LogP contribution < -0.4 is 5.32 Å². The molecule has 0 radical (unpaired) electrons. The molecule has 0 aromatic rings. The van der Waals surface area contributed by atoms with Crippen molar-refractivity contribution in [2.24, 2.45) is 22.2 Å². The first-order valence-electron chi connectivity index (χ1n) is 7.68. The molecule has 6 heteroatoms. The lowest BCUT2D eigenvalue weighted by atomic mass is 9.89. The number of esters is 1. The molecule has 0 aromatic carbocycles. The van der Waals surface area contributed by atoms with E-state index in [1.807, 2.05) is 0 Å². The molecule has 2 heterocycles. The van der Waals surface area contributed by atoms with Gasteiger partial charge >= 0.3 is 5.97 Å². The van der Waals surface area contributed by atoms with Crippen molar-refractivity contribution in [1.29, 1.82) is 0 Å². The van der Waals surface area contributed by atoms with Crippen LogP contribution in [0.4, 0.5) is 0 Å². The summed E-state index contributed by atoms with van der Waals surface area (Å²) in [7, 11) is 1.45. The second kappa shape index (κ2) is 6.64. The van der Waals surface area contributed by atoms with Gasteiger partial charge in [0.1, 0.15) is 0 Å². The van der Waals surface area contributed by atoms with Crippen molar-refractivity contribution >= 4 is 11.9 Å². The lowest BCUT2D eigenvalue weighted by molar-refractivity contribution is -0.145. The van der Waals surface area contributed by atoms with Crippen LogP contribution in [0.2, 0.25) is 0 Å². The molecular formula is C15H27N3O3. The molecule has 2 aliphatic heterocycles. The predicted molar refractivity (Wildman–Crippen MR) is 81.1 cm³/mol. The summed E-state index contributed by atoms with van der Waals surface area (Å²) in [5.41, 5.74) is 0.160. The topological polar surface area (TPSA) is 63.2 Å². The minimum atomic E-state index is -0.125. The van der Waals surface area contributed by atoms with Crippen LogP contribution in [-0.4, -0.2) is 63.3 Å². The minimum absolute atomic E-state index is 0.0681. The Morgan fingerprint density at radius 3 is 2.71 bits per heavy atom. The monoisotopic (exact) mass is 297 g/mol. The van der Waals surface area contributed by atoms with Crippen LogP contribution in [0, 0.1) is 17.3 Å². The molecule has 2 aliphatic rings. The van der Waals surface area contributed by atoms with Gasteiger partial charge in [0.25, 0.3) is 0 Å². The van der Waals surface area contributed by atoms with Gasteiger partial charge in [-0.25, -0.2) is 0 Å². The number of carbonyl (C=O) groups is 1. The van der Waals surface area contributed by atoms with Gasteiger partial charge in [0.05, 0.1) is 32.8 Å². The smallest absolute Gasteiger partial charge is 0.310 e. The summed E-state index contributed by atoms with van der Waals surface area (Å²) in [5.74, 6) is 0.981. The molecule has 0 aromatic heterocycles. The molecule has 120 valence electrons. The fourth-order valence-electron chi connectivity index (χ4n) is 2.83. The number of rotatable bonds is 4. The zero-order chi connectivity index (χ0) is 15.5. The van der Waals surface area contributed by atoms with Gasteiger partial charge < -0.3 is 19.7 Å². The van der Waals surface area contributed by atoms with Crippen LogP contribution in [0.25, 0.3) is 0 Å². The Bertz CT molecular complexity index is 407. The summed E-state index contributed by atoms with van der Waals surface area (Å²) >= 11 is 0. The Labute approximate surface area is 126 Å². The van der Waals surface area contributed by atoms with Gasteiger partial charge in [-0.2, -0.15) is 0 Å². The van der Waals surface area contributed by atoms with E-state index < -0.39 is 0 Å². The maximum absolute atomic E-state index is 11.8. The number of methoxy groups -OCH3 is 1. The average Bonchev–Trinajstić information content (AvgIpc) is 2.82. The molecule has 6 nitrogen and oxygen atoms in total. The number of likely N-dealkylation sites (tertiary alicyclic amines) is 1. The number of carbonyl (C=O) groups excluding carboxylic acids is 1. The highest BCUT2D eigenvalue weighted by Crippen LogP contribution is 2.27. The Hall–Kier alpha value is -1.30. The molecule has 0 spiro atoms. The number of ether oxygens (including phenoxy) is 2. The standard InChI is InChI=1S/C15H27N3O3/c1-5-16-14(17-8-15(3)9-21-10-15)18-6-11(2)12(7-18)13(19)20-4/h11-12H,5-10H2,1-4H3,(H,16,17). The summed E-state index contributed by atoms with van der Waals surface area (Å²) in [6, 6.07) is 0. The van der Waals surface area contributed by atoms with Crippen LogP contribution in [0.5, 0.6) is 0 Å². The molecule has 0 saturated carbocycles. The van der Waals surface area contributed by atoms with Crippen molar-refractivity contribution in [3.05, 3.63) is 0 Å². The van der Waals surface area contributed by atoms with Crippen molar-refractivity contribution in [2.45, 2.75) is 20.8 Å². The molecule has 1 N–H and O–H groups in total. The Morgan fingerprint density at radius 2 is 2.19 bits per heavy atom. The lowest BCUT2D eigenvalue weighted by Crippen LogP contribution is -2.45. The summed E-state index contributed by atoms with van der Waals surface area (Å²) < 4.78 is 10.2.